The van der Waals surface area contributed by atoms with Gasteiger partial charge in [-0.25, -0.2) is 0 Å². The summed E-state index contributed by atoms with van der Waals surface area (Å²) in [5.41, 5.74) is 31.1. The molecule has 2 heterocycles. The Morgan fingerprint density at radius 1 is 0.380 bits per heavy atom. The van der Waals surface area contributed by atoms with E-state index in [9.17, 15) is 0 Å². The summed E-state index contributed by atoms with van der Waals surface area (Å²) in [4.78, 5) is 7.74. The van der Waals surface area contributed by atoms with Crippen LogP contribution in [0.15, 0.2) is 212 Å². The van der Waals surface area contributed by atoms with Crippen LogP contribution in [-0.2, 0) is 21.7 Å². The van der Waals surface area contributed by atoms with Crippen LogP contribution in [0.4, 0.5) is 51.2 Å². The van der Waals surface area contributed by atoms with Crippen molar-refractivity contribution in [3.8, 4) is 33.4 Å². The number of hydrogen-bond acceptors (Lipinski definition) is 3. The van der Waals surface area contributed by atoms with Gasteiger partial charge in [-0.05, 0) is 174 Å². The SMILES string of the molecule is Cc1cc2c3c(c1)N(c1ccc4c(c1)C(C)(C)c1ccccc1-4)c1cc(C(C)(C)C)ccc1B3c1ccc(N(c3ccc(C(C)(C)C)cc3)c3ccccc3-c3ccccc3)cc1N2c1ccc2c(c1)C(C)(C)c1ccccc1-2. The first-order chi connectivity index (χ1) is 37.9. The lowest BCUT2D eigenvalue weighted by molar-refractivity contribution is 0.590. The largest absolute Gasteiger partial charge is 0.311 e. The number of fused-ring (bicyclic) bond motifs is 10. The highest BCUT2D eigenvalue weighted by Crippen LogP contribution is 2.55. The van der Waals surface area contributed by atoms with E-state index < -0.39 is 0 Å². The summed E-state index contributed by atoms with van der Waals surface area (Å²) in [7, 11) is 0. The highest BCUT2D eigenvalue weighted by molar-refractivity contribution is 7.00. The molecule has 0 unspecified atom stereocenters. The molecule has 0 saturated heterocycles. The van der Waals surface area contributed by atoms with Crippen LogP contribution in [0.5, 0.6) is 0 Å². The second-order valence-electron chi connectivity index (χ2n) is 25.9. The minimum absolute atomic E-state index is 0.0102. The molecule has 0 atom stereocenters. The van der Waals surface area contributed by atoms with Gasteiger partial charge in [-0.3, -0.25) is 0 Å². The minimum atomic E-state index is -0.185. The Kier molecular flexibility index (Phi) is 10.7. The second-order valence-corrected chi connectivity index (χ2v) is 25.9. The Balaban J connectivity index is 1.04. The molecule has 0 aromatic heterocycles. The zero-order valence-corrected chi connectivity index (χ0v) is 47.6. The van der Waals surface area contributed by atoms with Crippen LogP contribution in [0, 0.1) is 6.92 Å². The first-order valence-electron chi connectivity index (χ1n) is 28.4. The Bertz CT molecular complexity index is 4130. The van der Waals surface area contributed by atoms with Crippen LogP contribution in [0.3, 0.4) is 0 Å². The van der Waals surface area contributed by atoms with Gasteiger partial charge in [-0.15, -0.1) is 0 Å². The molecule has 4 aliphatic rings. The van der Waals surface area contributed by atoms with E-state index in [1.807, 2.05) is 0 Å². The molecule has 0 fully saturated rings. The van der Waals surface area contributed by atoms with Crippen molar-refractivity contribution in [3.63, 3.8) is 0 Å². The molecule has 10 aromatic rings. The Hall–Kier alpha value is -8.34. The summed E-state index contributed by atoms with van der Waals surface area (Å²) in [6.45, 7) is 25.8. The van der Waals surface area contributed by atoms with E-state index in [2.05, 4.69) is 303 Å². The first-order valence-corrected chi connectivity index (χ1v) is 28.4. The highest BCUT2D eigenvalue weighted by Gasteiger charge is 2.46. The highest BCUT2D eigenvalue weighted by atomic mass is 15.2. The Morgan fingerprint density at radius 2 is 0.835 bits per heavy atom. The van der Waals surface area contributed by atoms with Crippen molar-refractivity contribution in [1.82, 2.24) is 0 Å². The maximum absolute atomic E-state index is 2.62. The predicted molar refractivity (Wildman–Crippen MR) is 338 cm³/mol. The predicted octanol–water partition coefficient (Wildman–Crippen LogP) is 18.4. The monoisotopic (exact) mass is 1020 g/mol. The van der Waals surface area contributed by atoms with E-state index in [1.54, 1.807) is 0 Å². The number of hydrogen-bond donors (Lipinski definition) is 0. The van der Waals surface area contributed by atoms with E-state index in [4.69, 9.17) is 0 Å². The average molecular weight is 1020 g/mol. The molecule has 0 N–H and O–H groups in total. The number of anilines is 9. The average Bonchev–Trinajstić information content (AvgIpc) is 3.54. The van der Waals surface area contributed by atoms with Gasteiger partial charge in [0.2, 0.25) is 0 Å². The molecule has 0 amide bonds. The molecule has 0 bridgehead atoms. The van der Waals surface area contributed by atoms with Gasteiger partial charge in [0.15, 0.2) is 0 Å². The molecule has 0 spiro atoms. The fourth-order valence-electron chi connectivity index (χ4n) is 14.0. The molecular weight excluding hydrogens is 954 g/mol. The van der Waals surface area contributed by atoms with Crippen LogP contribution >= 0.6 is 0 Å². The lowest BCUT2D eigenvalue weighted by Gasteiger charge is -2.45. The topological polar surface area (TPSA) is 9.72 Å². The van der Waals surface area contributed by atoms with Crippen molar-refractivity contribution in [2.75, 3.05) is 14.7 Å². The lowest BCUT2D eigenvalue weighted by Crippen LogP contribution is -2.61. The normalized spacial score (nSPS) is 14.9. The molecular formula is C75H68BN3. The van der Waals surface area contributed by atoms with Crippen molar-refractivity contribution in [1.29, 1.82) is 0 Å². The van der Waals surface area contributed by atoms with Gasteiger partial charge in [0.05, 0.1) is 5.69 Å². The summed E-state index contributed by atoms with van der Waals surface area (Å²) < 4.78 is 0. The molecule has 14 rings (SSSR count). The molecule has 79 heavy (non-hydrogen) atoms. The van der Waals surface area contributed by atoms with Crippen molar-refractivity contribution in [2.24, 2.45) is 0 Å². The molecule has 3 nitrogen and oxygen atoms in total. The third-order valence-electron chi connectivity index (χ3n) is 18.2. The quantitative estimate of drug-likeness (QED) is 0.154. The van der Waals surface area contributed by atoms with Crippen LogP contribution < -0.4 is 31.1 Å². The first kappa shape index (κ1) is 49.0. The summed E-state index contributed by atoms with van der Waals surface area (Å²) in [5.74, 6) is 0. The molecule has 2 aliphatic carbocycles. The fraction of sp³-hybridized carbons (Fsp3) is 0.200. The van der Waals surface area contributed by atoms with E-state index in [1.165, 1.54) is 117 Å². The van der Waals surface area contributed by atoms with Crippen LogP contribution in [-0.4, -0.2) is 6.71 Å². The van der Waals surface area contributed by atoms with Crippen molar-refractivity contribution in [2.45, 2.75) is 97.8 Å². The molecule has 0 radical (unpaired) electrons. The fourth-order valence-corrected chi connectivity index (χ4v) is 14.0. The smallest absolute Gasteiger partial charge is 0.252 e. The van der Waals surface area contributed by atoms with E-state index in [0.29, 0.717) is 0 Å². The van der Waals surface area contributed by atoms with Gasteiger partial charge in [0.1, 0.15) is 0 Å². The van der Waals surface area contributed by atoms with Gasteiger partial charge >= 0.3 is 0 Å². The van der Waals surface area contributed by atoms with E-state index in [-0.39, 0.29) is 28.4 Å². The second kappa shape index (κ2) is 17.3. The molecule has 4 heteroatoms. The number of para-hydroxylation sites is 1. The minimum Gasteiger partial charge on any atom is -0.311 e. The summed E-state index contributed by atoms with van der Waals surface area (Å²) in [6.07, 6.45) is 0. The molecule has 0 saturated carbocycles. The number of nitrogens with zero attached hydrogens (tertiary/aromatic N) is 3. The van der Waals surface area contributed by atoms with Crippen LogP contribution in [0.1, 0.15) is 108 Å². The third kappa shape index (κ3) is 7.47. The summed E-state index contributed by atoms with van der Waals surface area (Å²) in [6, 6.07) is 81.4. The number of rotatable bonds is 6. The van der Waals surface area contributed by atoms with Gasteiger partial charge in [-0.2, -0.15) is 0 Å². The Labute approximate surface area is 468 Å². The maximum Gasteiger partial charge on any atom is 0.252 e. The third-order valence-corrected chi connectivity index (χ3v) is 18.2. The van der Waals surface area contributed by atoms with Crippen LogP contribution in [0.25, 0.3) is 33.4 Å². The van der Waals surface area contributed by atoms with Gasteiger partial charge in [-0.1, -0.05) is 209 Å². The zero-order valence-electron chi connectivity index (χ0n) is 47.6. The molecule has 2 aliphatic heterocycles. The standard InChI is InChI=1S/C75H68BN3/c1-47-41-69-71-70(42-47)79(53-35-38-59-57-25-16-19-27-61(57)75(10,11)63(59)45-53)68-46-54(77(51-32-29-49(30-33-51)72(2,3)4)66-28-20-17-23-55(66)48-21-13-12-14-22-48)36-40-65(68)76(71)64-39-31-50(73(5,6)7)43-67(64)78(69)52-34-37-58-56-24-15-18-26-60(56)74(8,9)62(58)44-52/h12-46H,1-11H3. The van der Waals surface area contributed by atoms with E-state index >= 15 is 0 Å². The molecule has 10 aromatic carbocycles. The summed E-state index contributed by atoms with van der Waals surface area (Å²) in [5, 5.41) is 0. The zero-order chi connectivity index (χ0) is 54.5. The summed E-state index contributed by atoms with van der Waals surface area (Å²) >= 11 is 0. The van der Waals surface area contributed by atoms with Crippen molar-refractivity contribution < 1.29 is 0 Å². The van der Waals surface area contributed by atoms with Crippen LogP contribution in [0.2, 0.25) is 0 Å². The van der Waals surface area contributed by atoms with Crippen molar-refractivity contribution in [3.05, 3.63) is 251 Å². The van der Waals surface area contributed by atoms with Gasteiger partial charge < -0.3 is 14.7 Å². The van der Waals surface area contributed by atoms with E-state index in [0.717, 1.165) is 22.7 Å². The van der Waals surface area contributed by atoms with Crippen molar-refractivity contribution >= 4 is 74.3 Å². The maximum atomic E-state index is 2.62. The number of aryl methyl sites for hydroxylation is 1. The number of benzene rings is 10. The van der Waals surface area contributed by atoms with Gasteiger partial charge in [0, 0.05) is 61.9 Å². The Morgan fingerprint density at radius 3 is 1.39 bits per heavy atom. The van der Waals surface area contributed by atoms with Gasteiger partial charge in [0.25, 0.3) is 6.71 Å². The molecule has 386 valence electrons. The lowest BCUT2D eigenvalue weighted by atomic mass is 9.33.